The van der Waals surface area contributed by atoms with E-state index in [9.17, 15) is 20.6 Å². The fourth-order valence-corrected chi connectivity index (χ4v) is 4.40. The highest BCUT2D eigenvalue weighted by molar-refractivity contribution is 6.17. The van der Waals surface area contributed by atoms with Crippen molar-refractivity contribution in [2.45, 2.75) is 45.1 Å². The number of rotatable bonds is 17. The molecule has 11 heteroatoms. The van der Waals surface area contributed by atoms with Crippen LogP contribution in [0.3, 0.4) is 0 Å². The zero-order valence-electron chi connectivity index (χ0n) is 24.0. The first-order valence-corrected chi connectivity index (χ1v) is 14.1. The summed E-state index contributed by atoms with van der Waals surface area (Å²) in [7, 11) is 1.88. The van der Waals surface area contributed by atoms with Gasteiger partial charge in [0, 0.05) is 37.3 Å². The van der Waals surface area contributed by atoms with Gasteiger partial charge in [-0.1, -0.05) is 25.0 Å². The number of hydrogen-bond donors (Lipinski definition) is 1. The maximum atomic E-state index is 11.9. The first kappa shape index (κ1) is 33.5. The van der Waals surface area contributed by atoms with Gasteiger partial charge >= 0.3 is 6.09 Å². The van der Waals surface area contributed by atoms with E-state index in [1.165, 1.54) is 0 Å². The van der Waals surface area contributed by atoms with Crippen molar-refractivity contribution in [2.24, 2.45) is 0 Å². The SMILES string of the molecule is CN(CCOC(=O)NCCOCCOCCCCCCCl)c1ccc(C2=C(C#N)C(=C(C#N)C#N)OC2(C)C)cc1. The summed E-state index contributed by atoms with van der Waals surface area (Å²) in [4.78, 5) is 13.9. The van der Waals surface area contributed by atoms with Crippen LogP contribution in [0.25, 0.3) is 5.57 Å². The summed E-state index contributed by atoms with van der Waals surface area (Å²) in [5.74, 6) is 0.719. The molecular formula is C30H38ClN5O5. The molecule has 1 aromatic rings. The van der Waals surface area contributed by atoms with E-state index in [4.69, 9.17) is 30.5 Å². The van der Waals surface area contributed by atoms with Crippen molar-refractivity contribution in [3.8, 4) is 18.2 Å². The van der Waals surface area contributed by atoms with E-state index >= 15 is 0 Å². The number of amides is 1. The number of nitrogens with one attached hydrogen (secondary N) is 1. The summed E-state index contributed by atoms with van der Waals surface area (Å²) in [6, 6.07) is 13.2. The lowest BCUT2D eigenvalue weighted by atomic mass is 9.89. The number of nitrogens with zero attached hydrogens (tertiary/aromatic N) is 4. The average molecular weight is 584 g/mol. The van der Waals surface area contributed by atoms with Crippen molar-refractivity contribution in [1.82, 2.24) is 5.32 Å². The predicted octanol–water partition coefficient (Wildman–Crippen LogP) is 5.07. The number of ether oxygens (including phenoxy) is 4. The third kappa shape index (κ3) is 10.6. The average Bonchev–Trinajstić information content (AvgIpc) is 3.24. The van der Waals surface area contributed by atoms with Crippen molar-refractivity contribution in [3.63, 3.8) is 0 Å². The molecule has 0 saturated heterocycles. The number of nitriles is 3. The van der Waals surface area contributed by atoms with Gasteiger partial charge in [0.25, 0.3) is 0 Å². The van der Waals surface area contributed by atoms with Crippen molar-refractivity contribution in [1.29, 1.82) is 15.8 Å². The first-order chi connectivity index (χ1) is 19.8. The zero-order valence-corrected chi connectivity index (χ0v) is 24.8. The van der Waals surface area contributed by atoms with Gasteiger partial charge in [0.05, 0.1) is 26.4 Å². The molecule has 0 saturated carbocycles. The number of alkyl carbamates (subject to hydrolysis) is 1. The van der Waals surface area contributed by atoms with Gasteiger partial charge in [-0.15, -0.1) is 11.6 Å². The quantitative estimate of drug-likeness (QED) is 0.151. The standard InChI is InChI=1S/C30H38ClN5O5/c1-30(2)27(26(22-34)28(41-30)24(20-32)21-33)23-8-10-25(11-9-23)36(3)14-17-40-29(37)35-13-16-39-19-18-38-15-7-5-4-6-12-31/h8-11H,4-7,12-19H2,1-3H3,(H,35,37). The van der Waals surface area contributed by atoms with Crippen molar-refractivity contribution >= 4 is 29.0 Å². The normalized spacial score (nSPS) is 13.5. The molecule has 2 rings (SSSR count). The summed E-state index contributed by atoms with van der Waals surface area (Å²) >= 11 is 5.65. The Bertz CT molecular complexity index is 1180. The smallest absolute Gasteiger partial charge is 0.407 e. The van der Waals surface area contributed by atoms with Crippen LogP contribution in [0.5, 0.6) is 0 Å². The molecule has 0 bridgehead atoms. The van der Waals surface area contributed by atoms with Crippen LogP contribution in [-0.4, -0.2) is 70.7 Å². The fourth-order valence-electron chi connectivity index (χ4n) is 4.21. The largest absolute Gasteiger partial charge is 0.480 e. The number of hydrogen-bond acceptors (Lipinski definition) is 9. The van der Waals surface area contributed by atoms with Crippen LogP contribution in [0.15, 0.2) is 41.2 Å². The van der Waals surface area contributed by atoms with Crippen molar-refractivity contribution in [2.75, 3.05) is 64.0 Å². The molecule has 0 unspecified atom stereocenters. The molecule has 1 aliphatic rings. The topological polar surface area (TPSA) is 141 Å². The lowest BCUT2D eigenvalue weighted by Crippen LogP contribution is -2.31. The molecule has 1 aromatic carbocycles. The van der Waals surface area contributed by atoms with Crippen LogP contribution in [-0.2, 0) is 18.9 Å². The number of unbranched alkanes of at least 4 members (excludes halogenated alkanes) is 3. The highest BCUT2D eigenvalue weighted by Gasteiger charge is 2.40. The van der Waals surface area contributed by atoms with E-state index in [0.29, 0.717) is 51.0 Å². The number of halogens is 1. The first-order valence-electron chi connectivity index (χ1n) is 13.6. The highest BCUT2D eigenvalue weighted by atomic mass is 35.5. The second kappa shape index (κ2) is 17.8. The number of alkyl halides is 1. The lowest BCUT2D eigenvalue weighted by Gasteiger charge is -2.24. The van der Waals surface area contributed by atoms with E-state index in [-0.39, 0.29) is 23.5 Å². The van der Waals surface area contributed by atoms with Gasteiger partial charge in [0.15, 0.2) is 11.3 Å². The minimum absolute atomic E-state index is 0.00910. The van der Waals surface area contributed by atoms with Gasteiger partial charge < -0.3 is 29.2 Å². The Kier molecular flexibility index (Phi) is 14.6. The van der Waals surface area contributed by atoms with Gasteiger partial charge in [0.2, 0.25) is 0 Å². The number of carbonyl (C=O) groups is 1. The van der Waals surface area contributed by atoms with Crippen LogP contribution in [0.4, 0.5) is 10.5 Å². The third-order valence-electron chi connectivity index (χ3n) is 6.32. The minimum atomic E-state index is -0.892. The maximum absolute atomic E-state index is 11.9. The molecule has 0 atom stereocenters. The van der Waals surface area contributed by atoms with Gasteiger partial charge in [-0.25, -0.2) is 4.79 Å². The van der Waals surface area contributed by atoms with E-state index < -0.39 is 11.7 Å². The van der Waals surface area contributed by atoms with Crippen LogP contribution < -0.4 is 10.2 Å². The number of carbonyl (C=O) groups excluding carboxylic acids is 1. The molecule has 1 N–H and O–H groups in total. The third-order valence-corrected chi connectivity index (χ3v) is 6.58. The Hall–Kier alpha value is -3.75. The van der Waals surface area contributed by atoms with E-state index in [0.717, 1.165) is 36.9 Å². The Morgan fingerprint density at radius 2 is 1.63 bits per heavy atom. The summed E-state index contributed by atoms with van der Waals surface area (Å²) in [5, 5.41) is 30.9. The number of allylic oxidation sites excluding steroid dienone is 2. The van der Waals surface area contributed by atoms with Crippen LogP contribution in [0, 0.1) is 34.0 Å². The molecule has 0 fully saturated rings. The number of benzene rings is 1. The molecule has 0 radical (unpaired) electrons. The molecule has 0 aromatic heterocycles. The van der Waals surface area contributed by atoms with Crippen molar-refractivity contribution in [3.05, 3.63) is 46.7 Å². The summed E-state index contributed by atoms with van der Waals surface area (Å²) in [6.45, 7) is 6.66. The molecular weight excluding hydrogens is 546 g/mol. The summed E-state index contributed by atoms with van der Waals surface area (Å²) in [6.07, 6.45) is 3.80. The lowest BCUT2D eigenvalue weighted by molar-refractivity contribution is 0.0469. The second-order valence-electron chi connectivity index (χ2n) is 9.76. The van der Waals surface area contributed by atoms with E-state index in [1.54, 1.807) is 26.0 Å². The Balaban J connectivity index is 1.72. The van der Waals surface area contributed by atoms with Crippen molar-refractivity contribution < 1.29 is 23.7 Å². The fraction of sp³-hybridized carbons (Fsp3) is 0.533. The summed E-state index contributed by atoms with van der Waals surface area (Å²) in [5.41, 5.74) is 1.29. The number of anilines is 1. The van der Waals surface area contributed by atoms with Crippen LogP contribution in [0.1, 0.15) is 45.1 Å². The van der Waals surface area contributed by atoms with E-state index in [1.807, 2.05) is 36.2 Å². The zero-order chi connectivity index (χ0) is 30.1. The predicted molar refractivity (Wildman–Crippen MR) is 156 cm³/mol. The minimum Gasteiger partial charge on any atom is -0.480 e. The summed E-state index contributed by atoms with van der Waals surface area (Å²) < 4.78 is 22.1. The molecule has 220 valence electrons. The van der Waals surface area contributed by atoms with Gasteiger partial charge in [0.1, 0.15) is 36.0 Å². The Morgan fingerprint density at radius 1 is 0.976 bits per heavy atom. The second-order valence-corrected chi connectivity index (χ2v) is 10.1. The van der Waals surface area contributed by atoms with Gasteiger partial charge in [-0.05, 0) is 44.4 Å². The van der Waals surface area contributed by atoms with Crippen LogP contribution >= 0.6 is 11.6 Å². The molecule has 41 heavy (non-hydrogen) atoms. The Morgan fingerprint density at radius 3 is 2.27 bits per heavy atom. The van der Waals surface area contributed by atoms with Gasteiger partial charge in [-0.3, -0.25) is 0 Å². The molecule has 1 heterocycles. The van der Waals surface area contributed by atoms with Crippen LogP contribution in [0.2, 0.25) is 0 Å². The highest BCUT2D eigenvalue weighted by Crippen LogP contribution is 2.45. The number of likely N-dealkylation sites (N-methyl/N-ethyl adjacent to an activating group) is 1. The Labute approximate surface area is 247 Å². The molecule has 1 aliphatic heterocycles. The maximum Gasteiger partial charge on any atom is 0.407 e. The van der Waals surface area contributed by atoms with Gasteiger partial charge in [-0.2, -0.15) is 15.8 Å². The molecule has 0 aliphatic carbocycles. The molecule has 0 spiro atoms. The van der Waals surface area contributed by atoms with E-state index in [2.05, 4.69) is 11.4 Å². The molecule has 10 nitrogen and oxygen atoms in total. The molecule has 1 amide bonds. The monoisotopic (exact) mass is 583 g/mol.